The molecule has 0 aliphatic carbocycles. The monoisotopic (exact) mass is 1160 g/mol. The van der Waals surface area contributed by atoms with Crippen LogP contribution in [-0.4, -0.2) is 6.71 Å². The van der Waals surface area contributed by atoms with Gasteiger partial charge in [-0.2, -0.15) is 0 Å². The van der Waals surface area contributed by atoms with Crippen molar-refractivity contribution in [3.8, 4) is 0 Å². The Morgan fingerprint density at radius 2 is 0.614 bits per heavy atom. The molecule has 5 heteroatoms. The van der Waals surface area contributed by atoms with Crippen molar-refractivity contribution >= 4 is 91.3 Å². The third-order valence-corrected chi connectivity index (χ3v) is 20.5. The molecule has 0 saturated heterocycles. The van der Waals surface area contributed by atoms with Crippen LogP contribution in [0.3, 0.4) is 0 Å². The first-order chi connectivity index (χ1) is 41.6. The maximum Gasteiger partial charge on any atom is 0.252 e. The Hall–Kier alpha value is -7.76. The molecule has 0 radical (unpaired) electrons. The normalized spacial score (nSPS) is 13.5. The molecule has 0 fully saturated rings. The third kappa shape index (κ3) is 11.4. The van der Waals surface area contributed by atoms with Crippen LogP contribution in [0.25, 0.3) is 0 Å². The largest absolute Gasteiger partial charge is 0.311 e. The molecule has 9 aromatic rings. The molecule has 0 amide bonds. The first kappa shape index (κ1) is 61.9. The summed E-state index contributed by atoms with van der Waals surface area (Å²) < 4.78 is 0. The average Bonchev–Trinajstić information content (AvgIpc) is 0.701. The van der Waals surface area contributed by atoms with Crippen molar-refractivity contribution in [3.05, 3.63) is 233 Å². The lowest BCUT2D eigenvalue weighted by Gasteiger charge is -2.45. The van der Waals surface area contributed by atoms with Crippen LogP contribution >= 0.6 is 0 Å². The van der Waals surface area contributed by atoms with Crippen molar-refractivity contribution < 1.29 is 0 Å². The molecule has 0 bridgehead atoms. The van der Waals surface area contributed by atoms with Crippen molar-refractivity contribution in [1.29, 1.82) is 0 Å². The number of aryl methyl sites for hydroxylation is 1. The summed E-state index contributed by atoms with van der Waals surface area (Å²) in [6.07, 6.45) is 4.30. The molecule has 88 heavy (non-hydrogen) atoms. The highest BCUT2D eigenvalue weighted by molar-refractivity contribution is 7.00. The van der Waals surface area contributed by atoms with E-state index in [1.165, 1.54) is 66.7 Å². The van der Waals surface area contributed by atoms with Gasteiger partial charge in [-0.05, 0) is 218 Å². The predicted molar refractivity (Wildman–Crippen MR) is 385 cm³/mol. The molecule has 4 nitrogen and oxygen atoms in total. The number of anilines is 12. The summed E-state index contributed by atoms with van der Waals surface area (Å²) in [5.41, 5.74) is 26.8. The summed E-state index contributed by atoms with van der Waals surface area (Å²) in [4.78, 5) is 10.2. The highest BCUT2D eigenvalue weighted by atomic mass is 15.2. The van der Waals surface area contributed by atoms with Crippen molar-refractivity contribution in [2.75, 3.05) is 19.6 Å². The maximum atomic E-state index is 2.60. The lowest BCUT2D eigenvalue weighted by molar-refractivity contribution is 0.439. The van der Waals surface area contributed by atoms with Crippen LogP contribution in [0.1, 0.15) is 189 Å². The van der Waals surface area contributed by atoms with E-state index in [2.05, 4.69) is 345 Å². The molecule has 0 N–H and O–H groups in total. The molecular weight excluding hydrogens is 1060 g/mol. The van der Waals surface area contributed by atoms with Crippen LogP contribution < -0.4 is 36.0 Å². The van der Waals surface area contributed by atoms with Crippen LogP contribution in [0.5, 0.6) is 0 Å². The van der Waals surface area contributed by atoms with Gasteiger partial charge in [-0.15, -0.1) is 0 Å². The Kier molecular flexibility index (Phi) is 16.2. The minimum Gasteiger partial charge on any atom is -0.311 e. The van der Waals surface area contributed by atoms with Gasteiger partial charge in [0.05, 0.1) is 5.69 Å². The molecule has 0 spiro atoms. The van der Waals surface area contributed by atoms with Gasteiger partial charge in [0.1, 0.15) is 0 Å². The smallest absolute Gasteiger partial charge is 0.252 e. The molecule has 0 saturated carbocycles. The Balaban J connectivity index is 1.25. The minimum atomic E-state index is -0.105. The summed E-state index contributed by atoms with van der Waals surface area (Å²) in [5.74, 6) is 0. The number of hydrogen-bond acceptors (Lipinski definition) is 4. The molecule has 0 aromatic heterocycles. The molecule has 2 aliphatic rings. The number of benzene rings is 9. The maximum absolute atomic E-state index is 2.60. The van der Waals surface area contributed by atoms with Gasteiger partial charge in [0.15, 0.2) is 0 Å². The Morgan fingerprint density at radius 3 is 1.00 bits per heavy atom. The van der Waals surface area contributed by atoms with Crippen molar-refractivity contribution in [3.63, 3.8) is 0 Å². The second-order valence-corrected chi connectivity index (χ2v) is 30.3. The minimum absolute atomic E-state index is 0.00838. The van der Waals surface area contributed by atoms with Gasteiger partial charge in [0.25, 0.3) is 6.71 Å². The second-order valence-electron chi connectivity index (χ2n) is 30.3. The molecule has 0 unspecified atom stereocenters. The van der Waals surface area contributed by atoms with E-state index in [0.717, 1.165) is 82.6 Å². The molecule has 452 valence electrons. The summed E-state index contributed by atoms with van der Waals surface area (Å²) >= 11 is 0. The van der Waals surface area contributed by atoms with E-state index in [1.807, 2.05) is 0 Å². The van der Waals surface area contributed by atoms with Gasteiger partial charge in [-0.3, -0.25) is 0 Å². The first-order valence-corrected chi connectivity index (χ1v) is 32.9. The topological polar surface area (TPSA) is 13.0 Å². The van der Waals surface area contributed by atoms with E-state index in [1.54, 1.807) is 0 Å². The van der Waals surface area contributed by atoms with Crippen LogP contribution in [0.2, 0.25) is 0 Å². The lowest BCUT2D eigenvalue weighted by atomic mass is 9.33. The first-order valence-electron chi connectivity index (χ1n) is 32.9. The van der Waals surface area contributed by atoms with Gasteiger partial charge in [-0.1, -0.05) is 221 Å². The quantitative estimate of drug-likeness (QED) is 0.101. The third-order valence-electron chi connectivity index (χ3n) is 20.5. The fourth-order valence-electron chi connectivity index (χ4n) is 13.5. The van der Waals surface area contributed by atoms with Crippen LogP contribution in [0.4, 0.5) is 68.2 Å². The Bertz CT molecular complexity index is 3830. The molecule has 2 aliphatic heterocycles. The average molecular weight is 1160 g/mol. The molecule has 0 atom stereocenters. The zero-order valence-electron chi connectivity index (χ0n) is 56.7. The zero-order valence-corrected chi connectivity index (χ0v) is 56.7. The van der Waals surface area contributed by atoms with Gasteiger partial charge >= 0.3 is 0 Å². The zero-order chi connectivity index (χ0) is 63.0. The fourth-order valence-corrected chi connectivity index (χ4v) is 13.5. The number of hydrogen-bond donors (Lipinski definition) is 0. The predicted octanol–water partition coefficient (Wildman–Crippen LogP) is 22.4. The van der Waals surface area contributed by atoms with Gasteiger partial charge in [-0.25, -0.2) is 0 Å². The Labute approximate surface area is 530 Å². The van der Waals surface area contributed by atoms with Crippen LogP contribution in [0.15, 0.2) is 194 Å². The highest BCUT2D eigenvalue weighted by Crippen LogP contribution is 2.51. The van der Waals surface area contributed by atoms with E-state index in [4.69, 9.17) is 0 Å². The van der Waals surface area contributed by atoms with E-state index in [-0.39, 0.29) is 39.2 Å². The van der Waals surface area contributed by atoms with E-state index >= 15 is 0 Å². The fraction of sp³-hybridized carbons (Fsp3) is 0.349. The summed E-state index contributed by atoms with van der Waals surface area (Å²) in [6.45, 7) is 44.0. The van der Waals surface area contributed by atoms with E-state index in [9.17, 15) is 0 Å². The van der Waals surface area contributed by atoms with E-state index in [0.29, 0.717) is 0 Å². The van der Waals surface area contributed by atoms with E-state index < -0.39 is 0 Å². The summed E-state index contributed by atoms with van der Waals surface area (Å²) in [7, 11) is 0. The van der Waals surface area contributed by atoms with Crippen LogP contribution in [-0.2, 0) is 32.5 Å². The summed E-state index contributed by atoms with van der Waals surface area (Å²) in [5, 5.41) is 0. The van der Waals surface area contributed by atoms with Gasteiger partial charge in [0.2, 0.25) is 0 Å². The Morgan fingerprint density at radius 1 is 0.295 bits per heavy atom. The molecule has 11 rings (SSSR count). The van der Waals surface area contributed by atoms with Crippen LogP contribution in [0, 0.1) is 6.92 Å². The molecular formula is C83H97BN4. The van der Waals surface area contributed by atoms with Gasteiger partial charge < -0.3 is 19.6 Å². The SMILES string of the molecule is CCC(C)(CC)c1ccc(N(c2ccc(C(C)(CC)CC)cc2)c2cc3c4c(c2)N(c2ccc(C)cc2)c2cc(N(c5ccc(C(C)(C)C)cc5)c5ccc(C(C)(C)C)cc5)ccc2B4c2cc(C(C)(C)C)ccc2N3c2ccc(C(C)(C)C)cc2)cc1. The highest BCUT2D eigenvalue weighted by Gasteiger charge is 2.45. The second kappa shape index (κ2) is 23.0. The lowest BCUT2D eigenvalue weighted by Crippen LogP contribution is -2.61. The number of rotatable bonds is 14. The van der Waals surface area contributed by atoms with Crippen molar-refractivity contribution in [2.24, 2.45) is 0 Å². The van der Waals surface area contributed by atoms with Crippen molar-refractivity contribution in [2.45, 2.75) is 190 Å². The number of fused-ring (bicyclic) bond motifs is 4. The van der Waals surface area contributed by atoms with Gasteiger partial charge in [0, 0.05) is 62.6 Å². The standard InChI is InChI=1S/C83H97BN4/c1-20-82(18,21-2)60-32-45-65(46-33-60)86(66-47-34-61(35-48-66)83(19,22-3)23-4)70-54-75-77-76(55-70)88(67-37-24-56(5)25-38-67)74-53-69(85(63-39-26-57(27-40-63)78(6,7)8)64-41-28-58(29-42-64)79(9,10)11)49-50-71(74)84(77)72-52-62(81(15,16)17)36-51-73(72)87(75)68-43-30-59(31-44-68)80(12,13)14/h24-55H,20-23H2,1-19H3. The molecule has 2 heterocycles. The molecule has 9 aromatic carbocycles. The summed E-state index contributed by atoms with van der Waals surface area (Å²) in [6, 6.07) is 76.1. The number of nitrogens with zero attached hydrogens (tertiary/aromatic N) is 4. The van der Waals surface area contributed by atoms with Crippen molar-refractivity contribution in [1.82, 2.24) is 0 Å².